The molecule has 0 saturated heterocycles. The predicted octanol–water partition coefficient (Wildman–Crippen LogP) is 4.55. The van der Waals surface area contributed by atoms with Gasteiger partial charge in [0.15, 0.2) is 8.80 Å². The van der Waals surface area contributed by atoms with Crippen LogP contribution in [0.3, 0.4) is 0 Å². The molecule has 1 radical (unpaired) electrons. The molecule has 1 unspecified atom stereocenters. The Bertz CT molecular complexity index is 794. The normalized spacial score (nSPS) is 13.0. The second-order valence-corrected chi connectivity index (χ2v) is 10.6. The Labute approximate surface area is 166 Å². The van der Waals surface area contributed by atoms with E-state index in [9.17, 15) is 0 Å². The minimum absolute atomic E-state index is 0.0465. The van der Waals surface area contributed by atoms with Crippen molar-refractivity contribution in [3.63, 3.8) is 0 Å². The Morgan fingerprint density at radius 2 is 1.42 bits per heavy atom. The van der Waals surface area contributed by atoms with Gasteiger partial charge >= 0.3 is 0 Å². The standard InChI is InChI=1S/C22H23BrNOSi/c1-22(2,3)25-21(17-14-18(23)16-24-15-17)26(19-10-6-4-7-11-19)20-12-8-5-9-13-20/h4-16,21H,1-3H3. The van der Waals surface area contributed by atoms with Gasteiger partial charge in [-0.25, -0.2) is 0 Å². The van der Waals surface area contributed by atoms with E-state index < -0.39 is 8.80 Å². The molecule has 0 N–H and O–H groups in total. The summed E-state index contributed by atoms with van der Waals surface area (Å²) in [6.45, 7) is 6.34. The summed E-state index contributed by atoms with van der Waals surface area (Å²) in [4.78, 5) is 4.39. The summed E-state index contributed by atoms with van der Waals surface area (Å²) in [6.07, 6.45) is 3.74. The minimum atomic E-state index is -1.22. The lowest BCUT2D eigenvalue weighted by Crippen LogP contribution is -2.50. The Kier molecular flexibility index (Phi) is 6.07. The zero-order chi connectivity index (χ0) is 18.6. The third kappa shape index (κ3) is 4.91. The minimum Gasteiger partial charge on any atom is -0.371 e. The number of pyridine rings is 1. The molecule has 3 rings (SSSR count). The Morgan fingerprint density at radius 3 is 1.88 bits per heavy atom. The largest absolute Gasteiger partial charge is 0.371 e. The first kappa shape index (κ1) is 19.0. The van der Waals surface area contributed by atoms with Gasteiger partial charge in [0, 0.05) is 16.9 Å². The molecule has 0 fully saturated rings. The zero-order valence-corrected chi connectivity index (χ0v) is 17.9. The van der Waals surface area contributed by atoms with Crippen molar-refractivity contribution >= 4 is 35.1 Å². The molecule has 4 heteroatoms. The van der Waals surface area contributed by atoms with Crippen LogP contribution in [-0.2, 0) is 4.74 Å². The van der Waals surface area contributed by atoms with Crippen LogP contribution in [-0.4, -0.2) is 19.4 Å². The van der Waals surface area contributed by atoms with Gasteiger partial charge in [0.05, 0.1) is 11.3 Å². The lowest BCUT2D eigenvalue weighted by Gasteiger charge is -2.33. The van der Waals surface area contributed by atoms with Crippen LogP contribution in [0.1, 0.15) is 32.1 Å². The fourth-order valence-electron chi connectivity index (χ4n) is 2.92. The first-order chi connectivity index (χ1) is 12.4. The molecular weight excluding hydrogens is 402 g/mol. The van der Waals surface area contributed by atoms with Crippen molar-refractivity contribution in [1.82, 2.24) is 4.98 Å². The SMILES string of the molecule is CC(C)(C)OC(c1cncc(Br)c1)[Si](c1ccccc1)c1ccccc1. The summed E-state index contributed by atoms with van der Waals surface area (Å²) in [5.41, 5.74) is 0.803. The summed E-state index contributed by atoms with van der Waals surface area (Å²) >= 11 is 3.56. The van der Waals surface area contributed by atoms with Crippen molar-refractivity contribution < 1.29 is 4.74 Å². The molecule has 0 bridgehead atoms. The van der Waals surface area contributed by atoms with Gasteiger partial charge in [0.1, 0.15) is 0 Å². The predicted molar refractivity (Wildman–Crippen MR) is 113 cm³/mol. The fraction of sp³-hybridized carbons (Fsp3) is 0.227. The van der Waals surface area contributed by atoms with E-state index in [-0.39, 0.29) is 11.3 Å². The van der Waals surface area contributed by atoms with Crippen LogP contribution in [0.2, 0.25) is 0 Å². The number of rotatable bonds is 5. The van der Waals surface area contributed by atoms with Gasteiger partial charge in [-0.15, -0.1) is 0 Å². The molecule has 1 aromatic heterocycles. The van der Waals surface area contributed by atoms with Crippen LogP contribution >= 0.6 is 15.9 Å². The average molecular weight is 425 g/mol. The Balaban J connectivity index is 2.15. The zero-order valence-electron chi connectivity index (χ0n) is 15.3. The summed E-state index contributed by atoms with van der Waals surface area (Å²) in [5, 5.41) is 2.66. The van der Waals surface area contributed by atoms with Gasteiger partial charge in [-0.05, 0) is 48.3 Å². The highest BCUT2D eigenvalue weighted by Gasteiger charge is 2.33. The third-order valence-electron chi connectivity index (χ3n) is 3.93. The topological polar surface area (TPSA) is 22.1 Å². The first-order valence-corrected chi connectivity index (χ1v) is 11.1. The van der Waals surface area contributed by atoms with Gasteiger partial charge in [-0.3, -0.25) is 4.98 Å². The summed E-state index contributed by atoms with van der Waals surface area (Å²) in [7, 11) is -1.22. The number of nitrogens with zero attached hydrogens (tertiary/aromatic N) is 1. The smallest absolute Gasteiger partial charge is 0.160 e. The van der Waals surface area contributed by atoms with Crippen LogP contribution < -0.4 is 10.4 Å². The van der Waals surface area contributed by atoms with Crippen LogP contribution in [0.4, 0.5) is 0 Å². The number of ether oxygens (including phenoxy) is 1. The van der Waals surface area contributed by atoms with Gasteiger partial charge in [-0.1, -0.05) is 71.0 Å². The van der Waals surface area contributed by atoms with Crippen LogP contribution in [0.25, 0.3) is 0 Å². The Hall–Kier alpha value is -1.75. The molecule has 0 amide bonds. The maximum absolute atomic E-state index is 6.63. The number of hydrogen-bond acceptors (Lipinski definition) is 2. The van der Waals surface area contributed by atoms with Gasteiger partial charge in [0.2, 0.25) is 0 Å². The Morgan fingerprint density at radius 1 is 0.885 bits per heavy atom. The molecule has 1 heterocycles. The summed E-state index contributed by atoms with van der Waals surface area (Å²) < 4.78 is 7.61. The molecule has 2 nitrogen and oxygen atoms in total. The quantitative estimate of drug-likeness (QED) is 0.560. The second-order valence-electron chi connectivity index (χ2n) is 7.19. The average Bonchev–Trinajstić information content (AvgIpc) is 2.62. The molecule has 3 aromatic rings. The molecule has 0 aliphatic carbocycles. The van der Waals surface area contributed by atoms with E-state index in [0.717, 1.165) is 10.0 Å². The lowest BCUT2D eigenvalue weighted by atomic mass is 10.2. The maximum atomic E-state index is 6.63. The fourth-order valence-corrected chi connectivity index (χ4v) is 6.31. The molecule has 0 aliphatic rings. The second kappa shape index (κ2) is 8.29. The monoisotopic (exact) mass is 424 g/mol. The highest BCUT2D eigenvalue weighted by Crippen LogP contribution is 2.28. The van der Waals surface area contributed by atoms with Gasteiger partial charge in [0.25, 0.3) is 0 Å². The molecule has 133 valence electrons. The van der Waals surface area contributed by atoms with Crippen molar-refractivity contribution in [3.8, 4) is 0 Å². The molecule has 0 spiro atoms. The van der Waals surface area contributed by atoms with E-state index >= 15 is 0 Å². The summed E-state index contributed by atoms with van der Waals surface area (Å²) in [5.74, 6) is 0. The molecule has 0 saturated carbocycles. The van der Waals surface area contributed by atoms with Crippen molar-refractivity contribution in [3.05, 3.63) is 89.2 Å². The molecule has 2 aromatic carbocycles. The number of benzene rings is 2. The van der Waals surface area contributed by atoms with Crippen molar-refractivity contribution in [1.29, 1.82) is 0 Å². The number of hydrogen-bond donors (Lipinski definition) is 0. The van der Waals surface area contributed by atoms with E-state index in [0.29, 0.717) is 0 Å². The van der Waals surface area contributed by atoms with Crippen LogP contribution in [0.5, 0.6) is 0 Å². The van der Waals surface area contributed by atoms with Crippen LogP contribution in [0, 0.1) is 0 Å². The van der Waals surface area contributed by atoms with E-state index in [1.807, 2.05) is 12.4 Å². The van der Waals surface area contributed by atoms with E-state index in [4.69, 9.17) is 4.74 Å². The molecule has 1 atom stereocenters. The number of aromatic nitrogens is 1. The van der Waals surface area contributed by atoms with E-state index in [1.54, 1.807) is 0 Å². The first-order valence-electron chi connectivity index (χ1n) is 8.70. The van der Waals surface area contributed by atoms with E-state index in [1.165, 1.54) is 10.4 Å². The van der Waals surface area contributed by atoms with Gasteiger partial charge < -0.3 is 4.74 Å². The van der Waals surface area contributed by atoms with Crippen molar-refractivity contribution in [2.24, 2.45) is 0 Å². The maximum Gasteiger partial charge on any atom is 0.160 e. The molecular formula is C22H23BrNOSi. The highest BCUT2D eigenvalue weighted by molar-refractivity contribution is 9.10. The van der Waals surface area contributed by atoms with E-state index in [2.05, 4.69) is 108 Å². The highest BCUT2D eigenvalue weighted by atomic mass is 79.9. The molecule has 26 heavy (non-hydrogen) atoms. The molecule has 0 aliphatic heterocycles. The van der Waals surface area contributed by atoms with Gasteiger partial charge in [-0.2, -0.15) is 0 Å². The number of halogens is 1. The summed E-state index contributed by atoms with van der Waals surface area (Å²) in [6, 6.07) is 23.5. The van der Waals surface area contributed by atoms with Crippen LogP contribution in [0.15, 0.2) is 83.6 Å². The lowest BCUT2D eigenvalue weighted by molar-refractivity contribution is -0.0265. The van der Waals surface area contributed by atoms with Crippen molar-refractivity contribution in [2.45, 2.75) is 32.1 Å². The third-order valence-corrected chi connectivity index (χ3v) is 7.25. The van der Waals surface area contributed by atoms with Crippen molar-refractivity contribution in [2.75, 3.05) is 0 Å².